The van der Waals surface area contributed by atoms with Gasteiger partial charge in [-0.15, -0.1) is 0 Å². The molecule has 0 aliphatic rings. The van der Waals surface area contributed by atoms with Crippen molar-refractivity contribution in [3.63, 3.8) is 0 Å². The average Bonchev–Trinajstić information content (AvgIpc) is 2.95. The van der Waals surface area contributed by atoms with Crippen molar-refractivity contribution in [2.45, 2.75) is 13.1 Å². The van der Waals surface area contributed by atoms with Gasteiger partial charge in [0.1, 0.15) is 13.1 Å². The van der Waals surface area contributed by atoms with Crippen LogP contribution in [0.5, 0.6) is 0 Å². The van der Waals surface area contributed by atoms with Crippen LogP contribution in [-0.4, -0.2) is 31.3 Å². The van der Waals surface area contributed by atoms with Crippen molar-refractivity contribution >= 4 is 102 Å². The van der Waals surface area contributed by atoms with E-state index in [4.69, 9.17) is 46.4 Å². The standard InChI is InChI=1S/C30H16Cl4N2O6/c31-18-9-17-23(10-19(18)32)35(11-24(37)38)22-6-5-13(7-16(22)29(17)41)15-8-20(33)28-26(27(15)34)30(42)14-3-1-2-4-21(14)36(28)12-25(39)40/h1-10H,11-12H2,(H,37,38)(H,39,40). The second-order valence-electron chi connectivity index (χ2n) is 9.59. The molecule has 0 aliphatic heterocycles. The first-order chi connectivity index (χ1) is 20.0. The molecule has 0 saturated heterocycles. The summed E-state index contributed by atoms with van der Waals surface area (Å²) in [5, 5.41) is 20.2. The highest BCUT2D eigenvalue weighted by molar-refractivity contribution is 6.43. The number of fused-ring (bicyclic) bond motifs is 4. The first-order valence-electron chi connectivity index (χ1n) is 12.3. The van der Waals surface area contributed by atoms with Gasteiger partial charge >= 0.3 is 11.9 Å². The van der Waals surface area contributed by atoms with E-state index in [-0.39, 0.29) is 47.2 Å². The van der Waals surface area contributed by atoms with Gasteiger partial charge in [-0.25, -0.2) is 0 Å². The summed E-state index contributed by atoms with van der Waals surface area (Å²) in [5.74, 6) is -2.27. The molecule has 0 aliphatic carbocycles. The molecule has 0 radical (unpaired) electrons. The molecule has 6 aromatic rings. The lowest BCUT2D eigenvalue weighted by Gasteiger charge is -2.18. The van der Waals surface area contributed by atoms with Crippen molar-refractivity contribution in [1.82, 2.24) is 9.13 Å². The number of aromatic nitrogens is 2. The summed E-state index contributed by atoms with van der Waals surface area (Å²) in [6.45, 7) is -0.922. The molecule has 2 heterocycles. The van der Waals surface area contributed by atoms with Crippen molar-refractivity contribution in [3.8, 4) is 11.1 Å². The Labute approximate surface area is 255 Å². The monoisotopic (exact) mass is 640 g/mol. The summed E-state index contributed by atoms with van der Waals surface area (Å²) in [6.07, 6.45) is 0. The third-order valence-corrected chi connectivity index (χ3v) is 8.53. The molecule has 12 heteroatoms. The lowest BCUT2D eigenvalue weighted by Crippen LogP contribution is -2.17. The van der Waals surface area contributed by atoms with Gasteiger partial charge in [-0.1, -0.05) is 64.6 Å². The fourth-order valence-corrected chi connectivity index (χ4v) is 6.36. The Bertz CT molecular complexity index is 2310. The number of hydrogen-bond acceptors (Lipinski definition) is 4. The molecule has 210 valence electrons. The number of aliphatic carboxylic acids is 2. The van der Waals surface area contributed by atoms with Gasteiger partial charge in [0.05, 0.1) is 47.5 Å². The lowest BCUT2D eigenvalue weighted by atomic mass is 9.98. The van der Waals surface area contributed by atoms with Crippen LogP contribution >= 0.6 is 46.4 Å². The first-order valence-corrected chi connectivity index (χ1v) is 13.8. The molecular formula is C30H16Cl4N2O6. The molecule has 2 aromatic heterocycles. The van der Waals surface area contributed by atoms with Crippen LogP contribution in [-0.2, 0) is 22.7 Å². The summed E-state index contributed by atoms with van der Waals surface area (Å²) >= 11 is 26.0. The predicted molar refractivity (Wildman–Crippen MR) is 166 cm³/mol. The number of carbonyl (C=O) groups is 2. The number of carboxylic acid groups (broad SMARTS) is 2. The molecule has 0 unspecified atom stereocenters. The third kappa shape index (κ3) is 4.39. The Morgan fingerprint density at radius 2 is 1.26 bits per heavy atom. The minimum absolute atomic E-state index is 0.0186. The van der Waals surface area contributed by atoms with Gasteiger partial charge in [0, 0.05) is 21.7 Å². The Morgan fingerprint density at radius 1 is 0.643 bits per heavy atom. The Morgan fingerprint density at radius 3 is 1.98 bits per heavy atom. The molecule has 2 N–H and O–H groups in total. The van der Waals surface area contributed by atoms with Crippen molar-refractivity contribution < 1.29 is 19.8 Å². The molecule has 0 bridgehead atoms. The quantitative estimate of drug-likeness (QED) is 0.194. The van der Waals surface area contributed by atoms with Gasteiger partial charge in [-0.3, -0.25) is 19.2 Å². The van der Waals surface area contributed by atoms with E-state index in [2.05, 4.69) is 0 Å². The predicted octanol–water partition coefficient (Wildman–Crippen LogP) is 7.07. The van der Waals surface area contributed by atoms with E-state index < -0.39 is 35.9 Å². The number of nitrogens with zero attached hydrogens (tertiary/aromatic N) is 2. The van der Waals surface area contributed by atoms with Crippen molar-refractivity contribution in [1.29, 1.82) is 0 Å². The number of benzene rings is 4. The fraction of sp³-hybridized carbons (Fsp3) is 0.0667. The number of rotatable bonds is 5. The van der Waals surface area contributed by atoms with E-state index in [0.29, 0.717) is 27.7 Å². The van der Waals surface area contributed by atoms with Crippen LogP contribution in [0.2, 0.25) is 20.1 Å². The largest absolute Gasteiger partial charge is 0.480 e. The second-order valence-corrected chi connectivity index (χ2v) is 11.2. The Kier molecular flexibility index (Phi) is 6.90. The van der Waals surface area contributed by atoms with Crippen molar-refractivity contribution in [2.24, 2.45) is 0 Å². The molecule has 0 spiro atoms. The van der Waals surface area contributed by atoms with E-state index in [0.717, 1.165) is 0 Å². The zero-order chi connectivity index (χ0) is 30.0. The molecule has 4 aromatic carbocycles. The first kappa shape index (κ1) is 28.1. The minimum Gasteiger partial charge on any atom is -0.480 e. The van der Waals surface area contributed by atoms with Crippen LogP contribution in [0.1, 0.15) is 0 Å². The molecule has 6 rings (SSSR count). The zero-order valence-corrected chi connectivity index (χ0v) is 24.1. The summed E-state index contributed by atoms with van der Waals surface area (Å²) < 4.78 is 2.88. The summed E-state index contributed by atoms with van der Waals surface area (Å²) in [4.78, 5) is 50.8. The highest BCUT2D eigenvalue weighted by atomic mass is 35.5. The minimum atomic E-state index is -1.14. The average molecular weight is 642 g/mol. The molecule has 0 atom stereocenters. The van der Waals surface area contributed by atoms with Gasteiger partial charge < -0.3 is 19.3 Å². The highest BCUT2D eigenvalue weighted by Crippen LogP contribution is 2.39. The van der Waals surface area contributed by atoms with E-state index >= 15 is 0 Å². The number of hydrogen-bond donors (Lipinski definition) is 2. The van der Waals surface area contributed by atoms with Crippen LogP contribution in [0, 0.1) is 0 Å². The van der Waals surface area contributed by atoms with Gasteiger partial charge in [-0.05, 0) is 48.0 Å². The molecule has 0 saturated carbocycles. The highest BCUT2D eigenvalue weighted by Gasteiger charge is 2.22. The normalized spacial score (nSPS) is 11.6. The zero-order valence-electron chi connectivity index (χ0n) is 21.1. The topological polar surface area (TPSA) is 119 Å². The number of carboxylic acids is 2. The SMILES string of the molecule is O=C(O)Cn1c2ccc(-c3cc(Cl)c4c(c3Cl)c(=O)c3ccccc3n4CC(=O)O)cc2c(=O)c2cc(Cl)c(Cl)cc21. The van der Waals surface area contributed by atoms with Crippen molar-refractivity contribution in [3.05, 3.63) is 101 Å². The van der Waals surface area contributed by atoms with E-state index in [1.54, 1.807) is 36.4 Å². The van der Waals surface area contributed by atoms with Crippen LogP contribution in [0.4, 0.5) is 0 Å². The van der Waals surface area contributed by atoms with E-state index in [1.807, 2.05) is 0 Å². The maximum Gasteiger partial charge on any atom is 0.323 e. The smallest absolute Gasteiger partial charge is 0.323 e. The summed E-state index contributed by atoms with van der Waals surface area (Å²) in [7, 11) is 0. The third-order valence-electron chi connectivity index (χ3n) is 7.13. The maximum absolute atomic E-state index is 13.7. The van der Waals surface area contributed by atoms with Gasteiger partial charge in [0.25, 0.3) is 0 Å². The molecule has 42 heavy (non-hydrogen) atoms. The number of para-hydroxylation sites is 1. The van der Waals surface area contributed by atoms with Gasteiger partial charge in [-0.2, -0.15) is 0 Å². The maximum atomic E-state index is 13.7. The van der Waals surface area contributed by atoms with Gasteiger partial charge in [0.15, 0.2) is 10.9 Å². The molecular weight excluding hydrogens is 626 g/mol. The van der Waals surface area contributed by atoms with Crippen LogP contribution in [0.15, 0.2) is 70.3 Å². The fourth-order valence-electron chi connectivity index (χ4n) is 5.40. The lowest BCUT2D eigenvalue weighted by molar-refractivity contribution is -0.138. The van der Waals surface area contributed by atoms with Crippen molar-refractivity contribution in [2.75, 3.05) is 0 Å². The van der Waals surface area contributed by atoms with E-state index in [9.17, 15) is 29.4 Å². The van der Waals surface area contributed by atoms with Crippen LogP contribution in [0.25, 0.3) is 54.7 Å². The van der Waals surface area contributed by atoms with Gasteiger partial charge in [0.2, 0.25) is 0 Å². The summed E-state index contributed by atoms with van der Waals surface area (Å²) in [5.41, 5.74) is 1.08. The summed E-state index contributed by atoms with van der Waals surface area (Å²) in [6, 6.07) is 15.7. The Hall–Kier alpha value is -4.08. The molecule has 8 nitrogen and oxygen atoms in total. The van der Waals surface area contributed by atoms with E-state index in [1.165, 1.54) is 33.4 Å². The second kappa shape index (κ2) is 10.3. The number of pyridine rings is 2. The van der Waals surface area contributed by atoms with Crippen LogP contribution in [0.3, 0.4) is 0 Å². The Balaban J connectivity index is 1.70. The number of halogens is 4. The molecule has 0 amide bonds. The molecule has 0 fully saturated rings. The van der Waals surface area contributed by atoms with Crippen LogP contribution < -0.4 is 10.9 Å².